The molecule has 0 saturated heterocycles. The van der Waals surface area contributed by atoms with Crippen molar-refractivity contribution in [3.63, 3.8) is 0 Å². The highest BCUT2D eigenvalue weighted by Gasteiger charge is 2.12. The largest absolute Gasteiger partial charge is 0.294 e. The fourth-order valence-electron chi connectivity index (χ4n) is 1.61. The van der Waals surface area contributed by atoms with Crippen LogP contribution in [0.4, 0.5) is 8.78 Å². The van der Waals surface area contributed by atoms with Gasteiger partial charge in [0.05, 0.1) is 5.02 Å². The molecule has 2 aromatic rings. The Bertz CT molecular complexity index is 643. The molecule has 0 unspecified atom stereocenters. The summed E-state index contributed by atoms with van der Waals surface area (Å²) in [5.74, 6) is -1.50. The number of hydrogen-bond donors (Lipinski definition) is 0. The highest BCUT2D eigenvalue weighted by molar-refractivity contribution is 9.10. The number of ketones is 1. The highest BCUT2D eigenvalue weighted by Crippen LogP contribution is 2.19. The number of rotatable bonds is 3. The zero-order valence-corrected chi connectivity index (χ0v) is 11.9. The second kappa shape index (κ2) is 5.80. The fourth-order valence-corrected chi connectivity index (χ4v) is 2.06. The molecule has 0 N–H and O–H groups in total. The highest BCUT2D eigenvalue weighted by atomic mass is 79.9. The third-order valence-corrected chi connectivity index (χ3v) is 3.41. The van der Waals surface area contributed by atoms with Gasteiger partial charge in [0.2, 0.25) is 0 Å². The van der Waals surface area contributed by atoms with E-state index >= 15 is 0 Å². The van der Waals surface area contributed by atoms with Gasteiger partial charge in [-0.2, -0.15) is 0 Å². The first kappa shape index (κ1) is 14.2. The van der Waals surface area contributed by atoms with Crippen LogP contribution in [0.3, 0.4) is 0 Å². The molecule has 0 radical (unpaired) electrons. The van der Waals surface area contributed by atoms with E-state index in [-0.39, 0.29) is 28.4 Å². The summed E-state index contributed by atoms with van der Waals surface area (Å²) in [4.78, 5) is 11.9. The number of hydrogen-bond acceptors (Lipinski definition) is 1. The molecule has 0 bridgehead atoms. The normalized spacial score (nSPS) is 10.5. The van der Waals surface area contributed by atoms with Gasteiger partial charge in [-0.1, -0.05) is 33.6 Å². The lowest BCUT2D eigenvalue weighted by Gasteiger charge is -2.04. The molecule has 0 fully saturated rings. The molecule has 98 valence electrons. The van der Waals surface area contributed by atoms with E-state index in [4.69, 9.17) is 11.6 Å². The van der Waals surface area contributed by atoms with Gasteiger partial charge < -0.3 is 0 Å². The summed E-state index contributed by atoms with van der Waals surface area (Å²) in [5.41, 5.74) is 0.438. The smallest absolute Gasteiger partial charge is 0.167 e. The van der Waals surface area contributed by atoms with Crippen molar-refractivity contribution < 1.29 is 13.6 Å². The summed E-state index contributed by atoms with van der Waals surface area (Å²) in [6, 6.07) is 8.23. The zero-order valence-electron chi connectivity index (χ0n) is 9.59. The van der Waals surface area contributed by atoms with E-state index < -0.39 is 11.6 Å². The molecule has 1 nitrogen and oxygen atoms in total. The van der Waals surface area contributed by atoms with Crippen LogP contribution in [0, 0.1) is 11.6 Å². The molecule has 0 amide bonds. The first-order valence-corrected chi connectivity index (χ1v) is 6.56. The molecule has 5 heteroatoms. The lowest BCUT2D eigenvalue weighted by molar-refractivity contribution is 0.0991. The summed E-state index contributed by atoms with van der Waals surface area (Å²) < 4.78 is 27.4. The van der Waals surface area contributed by atoms with Gasteiger partial charge in [0.1, 0.15) is 11.6 Å². The topological polar surface area (TPSA) is 17.1 Å². The summed E-state index contributed by atoms with van der Waals surface area (Å²) in [6.45, 7) is 0. The average molecular weight is 346 g/mol. The average Bonchev–Trinajstić information content (AvgIpc) is 2.36. The second-order valence-corrected chi connectivity index (χ2v) is 5.29. The minimum atomic E-state index is -0.663. The fraction of sp³-hybridized carbons (Fsp3) is 0.0714. The summed E-state index contributed by atoms with van der Waals surface area (Å²) in [5, 5.41) is -0.0497. The molecule has 2 aromatic carbocycles. The molecule has 0 spiro atoms. The molecule has 0 aliphatic carbocycles. The third-order valence-electron chi connectivity index (χ3n) is 2.61. The van der Waals surface area contributed by atoms with Crippen molar-refractivity contribution in [2.45, 2.75) is 6.42 Å². The van der Waals surface area contributed by atoms with Crippen molar-refractivity contribution in [2.24, 2.45) is 0 Å². The molecule has 0 aliphatic heterocycles. The van der Waals surface area contributed by atoms with Crippen molar-refractivity contribution in [3.8, 4) is 0 Å². The summed E-state index contributed by atoms with van der Waals surface area (Å²) in [7, 11) is 0. The first-order chi connectivity index (χ1) is 8.97. The quantitative estimate of drug-likeness (QED) is 0.730. The van der Waals surface area contributed by atoms with Gasteiger partial charge in [-0.25, -0.2) is 8.78 Å². The maximum atomic E-state index is 13.6. The Labute approximate surface area is 122 Å². The molecular weight excluding hydrogens is 338 g/mol. The van der Waals surface area contributed by atoms with E-state index in [2.05, 4.69) is 15.9 Å². The molecular formula is C14H8BrClF2O. The Morgan fingerprint density at radius 1 is 1.11 bits per heavy atom. The zero-order chi connectivity index (χ0) is 14.0. The van der Waals surface area contributed by atoms with Crippen LogP contribution >= 0.6 is 27.5 Å². The van der Waals surface area contributed by atoms with E-state index in [9.17, 15) is 13.6 Å². The predicted molar refractivity (Wildman–Crippen MR) is 73.5 cm³/mol. The minimum absolute atomic E-state index is 0.0497. The van der Waals surface area contributed by atoms with Crippen molar-refractivity contribution in [2.75, 3.05) is 0 Å². The van der Waals surface area contributed by atoms with Crippen molar-refractivity contribution in [1.29, 1.82) is 0 Å². The third kappa shape index (κ3) is 3.39. The Kier molecular flexibility index (Phi) is 4.32. The monoisotopic (exact) mass is 344 g/mol. The lowest BCUT2D eigenvalue weighted by atomic mass is 10.0. The van der Waals surface area contributed by atoms with Gasteiger partial charge in [0.25, 0.3) is 0 Å². The molecule has 0 aliphatic rings. The number of Topliss-reactive ketones (excluding diaryl/α,β-unsaturated/α-hetero) is 1. The molecule has 0 heterocycles. The van der Waals surface area contributed by atoms with Crippen LogP contribution in [0.5, 0.6) is 0 Å². The standard InChI is InChI=1S/C14H8BrClF2O/c15-10-3-1-8(12(17)7-10)6-14(19)9-2-4-11(16)13(18)5-9/h1-5,7H,6H2. The van der Waals surface area contributed by atoms with E-state index in [1.165, 1.54) is 24.3 Å². The molecule has 19 heavy (non-hydrogen) atoms. The first-order valence-electron chi connectivity index (χ1n) is 5.39. The summed E-state index contributed by atoms with van der Waals surface area (Å²) in [6.07, 6.45) is -0.125. The van der Waals surface area contributed by atoms with Gasteiger partial charge in [0, 0.05) is 16.5 Å². The Balaban J connectivity index is 2.23. The number of carbonyl (C=O) groups is 1. The van der Waals surface area contributed by atoms with Gasteiger partial charge in [-0.3, -0.25) is 4.79 Å². The van der Waals surface area contributed by atoms with Gasteiger partial charge in [-0.15, -0.1) is 0 Å². The molecule has 2 rings (SSSR count). The van der Waals surface area contributed by atoms with Gasteiger partial charge >= 0.3 is 0 Å². The van der Waals surface area contributed by atoms with Crippen LogP contribution in [-0.4, -0.2) is 5.78 Å². The number of halogens is 4. The van der Waals surface area contributed by atoms with Crippen molar-refractivity contribution in [1.82, 2.24) is 0 Å². The van der Waals surface area contributed by atoms with Crippen LogP contribution in [0.15, 0.2) is 40.9 Å². The van der Waals surface area contributed by atoms with Crippen LogP contribution in [0.2, 0.25) is 5.02 Å². The van der Waals surface area contributed by atoms with E-state index in [1.807, 2.05) is 0 Å². The van der Waals surface area contributed by atoms with E-state index in [1.54, 1.807) is 6.07 Å². The number of benzene rings is 2. The second-order valence-electron chi connectivity index (χ2n) is 3.96. The van der Waals surface area contributed by atoms with Crippen molar-refractivity contribution in [3.05, 3.63) is 68.7 Å². The summed E-state index contributed by atoms with van der Waals surface area (Å²) >= 11 is 8.67. The van der Waals surface area contributed by atoms with Crippen LogP contribution in [0.25, 0.3) is 0 Å². The molecule has 0 atom stereocenters. The van der Waals surface area contributed by atoms with Gasteiger partial charge in [0.15, 0.2) is 5.78 Å². The Morgan fingerprint density at radius 3 is 2.47 bits per heavy atom. The van der Waals surface area contributed by atoms with Crippen molar-refractivity contribution >= 4 is 33.3 Å². The molecule has 0 aromatic heterocycles. The maximum absolute atomic E-state index is 13.6. The van der Waals surface area contributed by atoms with Crippen LogP contribution in [-0.2, 0) is 6.42 Å². The van der Waals surface area contributed by atoms with Crippen LogP contribution < -0.4 is 0 Å². The minimum Gasteiger partial charge on any atom is -0.294 e. The SMILES string of the molecule is O=C(Cc1ccc(Br)cc1F)c1ccc(Cl)c(F)c1. The Morgan fingerprint density at radius 2 is 1.84 bits per heavy atom. The van der Waals surface area contributed by atoms with Crippen LogP contribution in [0.1, 0.15) is 15.9 Å². The van der Waals surface area contributed by atoms with E-state index in [0.29, 0.717) is 4.47 Å². The van der Waals surface area contributed by atoms with E-state index in [0.717, 1.165) is 6.07 Å². The maximum Gasteiger partial charge on any atom is 0.167 e. The van der Waals surface area contributed by atoms with Gasteiger partial charge in [-0.05, 0) is 35.9 Å². The lowest BCUT2D eigenvalue weighted by Crippen LogP contribution is -2.05. The number of carbonyl (C=O) groups excluding carboxylic acids is 1. The Hall–Kier alpha value is -1.26. The molecule has 0 saturated carbocycles. The predicted octanol–water partition coefficient (Wildman–Crippen LogP) is 4.81.